The quantitative estimate of drug-likeness (QED) is 0.848. The largest absolute Gasteiger partial charge is 0.377 e. The Hall–Kier alpha value is -1.30. The van der Waals surface area contributed by atoms with E-state index in [-0.39, 0.29) is 0 Å². The van der Waals surface area contributed by atoms with E-state index in [9.17, 15) is 0 Å². The summed E-state index contributed by atoms with van der Waals surface area (Å²) in [7, 11) is 0. The molecule has 3 rings (SSSR count). The highest BCUT2D eigenvalue weighted by Crippen LogP contribution is 2.23. The maximum Gasteiger partial charge on any atom is 0.107 e. The van der Waals surface area contributed by atoms with Gasteiger partial charge in [0.05, 0.1) is 13.2 Å². The van der Waals surface area contributed by atoms with E-state index in [1.54, 1.807) is 11.3 Å². The first-order valence-corrected chi connectivity index (χ1v) is 7.88. The molecule has 2 aromatic rings. The molecule has 0 N–H and O–H groups in total. The fourth-order valence-corrected chi connectivity index (χ4v) is 3.28. The summed E-state index contributed by atoms with van der Waals surface area (Å²) < 4.78 is 5.54. The van der Waals surface area contributed by atoms with Crippen LogP contribution >= 0.6 is 11.3 Å². The van der Waals surface area contributed by atoms with Crippen LogP contribution in [-0.4, -0.2) is 28.0 Å². The predicted octanol–water partition coefficient (Wildman–Crippen LogP) is 2.63. The molecule has 0 aromatic carbocycles. The van der Waals surface area contributed by atoms with Crippen molar-refractivity contribution in [3.8, 4) is 0 Å². The summed E-state index contributed by atoms with van der Waals surface area (Å²) >= 11 is 1.72. The van der Waals surface area contributed by atoms with Gasteiger partial charge >= 0.3 is 0 Å². The lowest BCUT2D eigenvalue weighted by Crippen LogP contribution is -2.30. The third-order valence-electron chi connectivity index (χ3n) is 3.61. The Bertz CT molecular complexity index is 556. The van der Waals surface area contributed by atoms with Crippen LogP contribution in [0.2, 0.25) is 0 Å². The standard InChI is InChI=1S/C15H19N3OS/c1-2-19-11-13-8-16-7-12-9-18(5-3-14(12)13)10-15-17-4-6-20-15/h4,6-8H,2-3,5,9-11H2,1H3. The maximum atomic E-state index is 5.54. The van der Waals surface area contributed by atoms with Gasteiger partial charge in [-0.1, -0.05) is 0 Å². The number of fused-ring (bicyclic) bond motifs is 1. The Morgan fingerprint density at radius 2 is 2.35 bits per heavy atom. The summed E-state index contributed by atoms with van der Waals surface area (Å²) in [4.78, 5) is 11.2. The second kappa shape index (κ2) is 6.43. The van der Waals surface area contributed by atoms with Gasteiger partial charge in [0.2, 0.25) is 0 Å². The molecule has 0 amide bonds. The van der Waals surface area contributed by atoms with E-state index < -0.39 is 0 Å². The van der Waals surface area contributed by atoms with Crippen molar-refractivity contribution in [2.75, 3.05) is 13.2 Å². The van der Waals surface area contributed by atoms with E-state index in [4.69, 9.17) is 4.74 Å². The number of pyridine rings is 1. The minimum Gasteiger partial charge on any atom is -0.377 e. The van der Waals surface area contributed by atoms with E-state index in [0.717, 1.165) is 32.7 Å². The molecule has 1 aliphatic heterocycles. The normalized spacial score (nSPS) is 15.2. The van der Waals surface area contributed by atoms with Crippen molar-refractivity contribution in [1.82, 2.24) is 14.9 Å². The Morgan fingerprint density at radius 3 is 3.15 bits per heavy atom. The van der Waals surface area contributed by atoms with Crippen LogP contribution in [0.1, 0.15) is 28.6 Å². The number of nitrogens with zero attached hydrogens (tertiary/aromatic N) is 3. The first-order valence-electron chi connectivity index (χ1n) is 7.00. The minimum absolute atomic E-state index is 0.680. The third-order valence-corrected chi connectivity index (χ3v) is 4.38. The van der Waals surface area contributed by atoms with Crippen LogP contribution in [0.25, 0.3) is 0 Å². The van der Waals surface area contributed by atoms with E-state index in [1.807, 2.05) is 30.9 Å². The Kier molecular flexibility index (Phi) is 4.40. The van der Waals surface area contributed by atoms with Crippen LogP contribution in [0.15, 0.2) is 24.0 Å². The van der Waals surface area contributed by atoms with Gasteiger partial charge in [0.15, 0.2) is 0 Å². The molecule has 0 fully saturated rings. The molecule has 0 saturated carbocycles. The van der Waals surface area contributed by atoms with Gasteiger partial charge < -0.3 is 4.74 Å². The van der Waals surface area contributed by atoms with E-state index in [2.05, 4.69) is 14.9 Å². The van der Waals surface area contributed by atoms with Gasteiger partial charge in [-0.15, -0.1) is 11.3 Å². The summed E-state index contributed by atoms with van der Waals surface area (Å²) in [6, 6.07) is 0. The summed E-state index contributed by atoms with van der Waals surface area (Å²) in [6.45, 7) is 6.43. The molecular formula is C15H19N3OS. The third kappa shape index (κ3) is 3.06. The predicted molar refractivity (Wildman–Crippen MR) is 79.5 cm³/mol. The minimum atomic E-state index is 0.680. The van der Waals surface area contributed by atoms with Crippen molar-refractivity contribution in [3.63, 3.8) is 0 Å². The van der Waals surface area contributed by atoms with Crippen molar-refractivity contribution >= 4 is 11.3 Å². The van der Waals surface area contributed by atoms with Crippen LogP contribution in [0.3, 0.4) is 0 Å². The highest BCUT2D eigenvalue weighted by molar-refractivity contribution is 7.09. The van der Waals surface area contributed by atoms with Crippen molar-refractivity contribution in [2.45, 2.75) is 33.0 Å². The van der Waals surface area contributed by atoms with E-state index in [0.29, 0.717) is 6.61 Å². The fourth-order valence-electron chi connectivity index (χ4n) is 2.62. The van der Waals surface area contributed by atoms with Crippen LogP contribution in [-0.2, 0) is 30.9 Å². The van der Waals surface area contributed by atoms with Gasteiger partial charge in [0, 0.05) is 43.7 Å². The summed E-state index contributed by atoms with van der Waals surface area (Å²) in [5, 5.41) is 3.22. The second-order valence-electron chi connectivity index (χ2n) is 4.96. The number of rotatable bonds is 5. The molecule has 0 saturated heterocycles. The molecule has 0 aliphatic carbocycles. The van der Waals surface area contributed by atoms with Crippen molar-refractivity contribution in [3.05, 3.63) is 45.7 Å². The Labute approximate surface area is 123 Å². The Morgan fingerprint density at radius 1 is 1.40 bits per heavy atom. The van der Waals surface area contributed by atoms with Crippen LogP contribution in [0.4, 0.5) is 0 Å². The van der Waals surface area contributed by atoms with E-state index in [1.165, 1.54) is 21.7 Å². The average molecular weight is 289 g/mol. The van der Waals surface area contributed by atoms with Gasteiger partial charge in [-0.3, -0.25) is 9.88 Å². The SMILES string of the molecule is CCOCc1cncc2c1CCN(Cc1nccs1)C2. The second-order valence-corrected chi connectivity index (χ2v) is 5.94. The molecule has 4 nitrogen and oxygen atoms in total. The number of aromatic nitrogens is 2. The summed E-state index contributed by atoms with van der Waals surface area (Å²) in [6.07, 6.45) is 6.90. The highest BCUT2D eigenvalue weighted by Gasteiger charge is 2.19. The molecule has 20 heavy (non-hydrogen) atoms. The van der Waals surface area contributed by atoms with Crippen LogP contribution in [0.5, 0.6) is 0 Å². The van der Waals surface area contributed by atoms with Gasteiger partial charge in [-0.25, -0.2) is 4.98 Å². The molecule has 1 aliphatic rings. The van der Waals surface area contributed by atoms with E-state index >= 15 is 0 Å². The lowest BCUT2D eigenvalue weighted by molar-refractivity contribution is 0.132. The summed E-state index contributed by atoms with van der Waals surface area (Å²) in [5.74, 6) is 0. The number of hydrogen-bond donors (Lipinski definition) is 0. The Balaban J connectivity index is 1.71. The lowest BCUT2D eigenvalue weighted by atomic mass is 9.97. The molecule has 5 heteroatoms. The molecule has 0 atom stereocenters. The smallest absolute Gasteiger partial charge is 0.107 e. The molecular weight excluding hydrogens is 270 g/mol. The van der Waals surface area contributed by atoms with Crippen LogP contribution in [0, 0.1) is 0 Å². The molecule has 0 radical (unpaired) electrons. The number of hydrogen-bond acceptors (Lipinski definition) is 5. The summed E-state index contributed by atoms with van der Waals surface area (Å²) in [5.41, 5.74) is 4.02. The topological polar surface area (TPSA) is 38.2 Å². The van der Waals surface area contributed by atoms with Crippen molar-refractivity contribution in [2.24, 2.45) is 0 Å². The van der Waals surface area contributed by atoms with Crippen molar-refractivity contribution in [1.29, 1.82) is 0 Å². The zero-order valence-electron chi connectivity index (χ0n) is 11.7. The highest BCUT2D eigenvalue weighted by atomic mass is 32.1. The monoisotopic (exact) mass is 289 g/mol. The maximum absolute atomic E-state index is 5.54. The number of thiazole rings is 1. The zero-order valence-corrected chi connectivity index (χ0v) is 12.5. The zero-order chi connectivity index (χ0) is 13.8. The molecule has 106 valence electrons. The van der Waals surface area contributed by atoms with Gasteiger partial charge in [0.25, 0.3) is 0 Å². The van der Waals surface area contributed by atoms with Gasteiger partial charge in [-0.05, 0) is 30.0 Å². The number of ether oxygens (including phenoxy) is 1. The van der Waals surface area contributed by atoms with Gasteiger partial charge in [0.1, 0.15) is 5.01 Å². The molecule has 0 bridgehead atoms. The molecule has 2 aromatic heterocycles. The average Bonchev–Trinajstić information content (AvgIpc) is 2.97. The molecule has 0 spiro atoms. The fraction of sp³-hybridized carbons (Fsp3) is 0.467. The van der Waals surface area contributed by atoms with Gasteiger partial charge in [-0.2, -0.15) is 0 Å². The lowest BCUT2D eigenvalue weighted by Gasteiger charge is -2.29. The molecule has 0 unspecified atom stereocenters. The molecule has 3 heterocycles. The first-order chi connectivity index (χ1) is 9.86. The van der Waals surface area contributed by atoms with Crippen LogP contribution < -0.4 is 0 Å². The first kappa shape index (κ1) is 13.7. The van der Waals surface area contributed by atoms with Crippen molar-refractivity contribution < 1.29 is 4.74 Å².